The highest BCUT2D eigenvalue weighted by Crippen LogP contribution is 2.21. The van der Waals surface area contributed by atoms with E-state index in [-0.39, 0.29) is 5.92 Å². The molecule has 68 valence electrons. The van der Waals surface area contributed by atoms with E-state index in [1.165, 1.54) is 0 Å². The monoisotopic (exact) mass is 174 g/mol. The summed E-state index contributed by atoms with van der Waals surface area (Å²) in [6.07, 6.45) is 2.97. The van der Waals surface area contributed by atoms with Gasteiger partial charge in [-0.15, -0.1) is 0 Å². The van der Waals surface area contributed by atoms with Crippen molar-refractivity contribution in [2.24, 2.45) is 5.92 Å². The molecule has 0 amide bonds. The Labute approximate surface area is 79.1 Å². The zero-order chi connectivity index (χ0) is 9.68. The van der Waals surface area contributed by atoms with Gasteiger partial charge >= 0.3 is 0 Å². The molecular weight excluding hydrogens is 160 g/mol. The first kappa shape index (κ1) is 9.72. The smallest absolute Gasteiger partial charge is 0.127 e. The summed E-state index contributed by atoms with van der Waals surface area (Å²) in [6.45, 7) is 3.87. The van der Waals surface area contributed by atoms with Crippen molar-refractivity contribution in [3.05, 3.63) is 42.0 Å². The van der Waals surface area contributed by atoms with Crippen molar-refractivity contribution in [3.63, 3.8) is 0 Å². The Morgan fingerprint density at radius 3 is 2.38 bits per heavy atom. The molecule has 1 rings (SSSR count). The fourth-order valence-electron chi connectivity index (χ4n) is 1.40. The summed E-state index contributed by atoms with van der Waals surface area (Å²) in [5, 5.41) is 0. The van der Waals surface area contributed by atoms with E-state index in [0.717, 1.165) is 17.4 Å². The molecule has 0 bridgehead atoms. The fraction of sp³-hybridized carbons (Fsp3) is 0.250. The Hall–Kier alpha value is -1.37. The topological polar surface area (TPSA) is 17.1 Å². The summed E-state index contributed by atoms with van der Waals surface area (Å²) < 4.78 is 0. The van der Waals surface area contributed by atoms with Crippen molar-refractivity contribution >= 4 is 11.9 Å². The van der Waals surface area contributed by atoms with Crippen molar-refractivity contribution in [3.8, 4) is 0 Å². The molecule has 0 fully saturated rings. The zero-order valence-electron chi connectivity index (χ0n) is 8.03. The van der Waals surface area contributed by atoms with Gasteiger partial charge in [-0.25, -0.2) is 0 Å². The first-order valence-electron chi connectivity index (χ1n) is 4.46. The SMILES string of the molecule is C/C=C(\c1ccccc1)C(C)C=O. The predicted octanol–water partition coefficient (Wildman–Crippen LogP) is 2.92. The van der Waals surface area contributed by atoms with Crippen molar-refractivity contribution < 1.29 is 4.79 Å². The van der Waals surface area contributed by atoms with E-state index in [1.54, 1.807) is 0 Å². The van der Waals surface area contributed by atoms with Crippen LogP contribution >= 0.6 is 0 Å². The molecule has 0 saturated heterocycles. The molecule has 1 aromatic rings. The predicted molar refractivity (Wildman–Crippen MR) is 55.3 cm³/mol. The van der Waals surface area contributed by atoms with Gasteiger partial charge in [-0.1, -0.05) is 43.3 Å². The Morgan fingerprint density at radius 1 is 1.31 bits per heavy atom. The van der Waals surface area contributed by atoms with Crippen LogP contribution in [0.1, 0.15) is 19.4 Å². The number of hydrogen-bond acceptors (Lipinski definition) is 1. The molecule has 13 heavy (non-hydrogen) atoms. The van der Waals surface area contributed by atoms with Gasteiger partial charge in [-0.2, -0.15) is 0 Å². The molecule has 1 heteroatoms. The third-order valence-electron chi connectivity index (χ3n) is 2.11. The average molecular weight is 174 g/mol. The highest BCUT2D eigenvalue weighted by molar-refractivity contribution is 5.79. The van der Waals surface area contributed by atoms with E-state index < -0.39 is 0 Å². The Kier molecular flexibility index (Phi) is 3.44. The van der Waals surface area contributed by atoms with Gasteiger partial charge in [0.15, 0.2) is 0 Å². The average Bonchev–Trinajstić information content (AvgIpc) is 2.20. The van der Waals surface area contributed by atoms with Crippen molar-refractivity contribution in [2.75, 3.05) is 0 Å². The van der Waals surface area contributed by atoms with E-state index in [9.17, 15) is 4.79 Å². The number of carbonyl (C=O) groups is 1. The van der Waals surface area contributed by atoms with E-state index in [2.05, 4.69) is 0 Å². The normalized spacial score (nSPS) is 13.8. The Morgan fingerprint density at radius 2 is 1.92 bits per heavy atom. The summed E-state index contributed by atoms with van der Waals surface area (Å²) in [6, 6.07) is 9.99. The Bertz CT molecular complexity index is 298. The van der Waals surface area contributed by atoms with Crippen LogP contribution in [0.4, 0.5) is 0 Å². The molecule has 0 aliphatic heterocycles. The molecule has 0 spiro atoms. The lowest BCUT2D eigenvalue weighted by Gasteiger charge is -2.09. The summed E-state index contributed by atoms with van der Waals surface area (Å²) in [5.74, 6) is -0.0209. The first-order valence-corrected chi connectivity index (χ1v) is 4.46. The van der Waals surface area contributed by atoms with Crippen LogP contribution in [0, 0.1) is 5.92 Å². The maximum atomic E-state index is 10.6. The summed E-state index contributed by atoms with van der Waals surface area (Å²) >= 11 is 0. The molecule has 1 aromatic carbocycles. The molecule has 0 heterocycles. The summed E-state index contributed by atoms with van der Waals surface area (Å²) in [7, 11) is 0. The molecular formula is C12H14O. The van der Waals surface area contributed by atoms with Crippen LogP contribution in [0.3, 0.4) is 0 Å². The number of hydrogen-bond donors (Lipinski definition) is 0. The second-order valence-electron chi connectivity index (χ2n) is 3.03. The zero-order valence-corrected chi connectivity index (χ0v) is 8.03. The molecule has 1 nitrogen and oxygen atoms in total. The van der Waals surface area contributed by atoms with Gasteiger partial charge in [-0.3, -0.25) is 0 Å². The molecule has 0 aliphatic carbocycles. The minimum absolute atomic E-state index is 0.0209. The van der Waals surface area contributed by atoms with Crippen LogP contribution < -0.4 is 0 Å². The number of rotatable bonds is 3. The minimum atomic E-state index is -0.0209. The second-order valence-corrected chi connectivity index (χ2v) is 3.03. The number of aldehydes is 1. The van der Waals surface area contributed by atoms with Crippen LogP contribution in [0.5, 0.6) is 0 Å². The molecule has 0 aliphatic rings. The standard InChI is InChI=1S/C12H14O/c1-3-12(10(2)9-13)11-7-5-4-6-8-11/h3-10H,1-2H3/b12-3-. The van der Waals surface area contributed by atoms with Gasteiger partial charge in [-0.05, 0) is 18.1 Å². The van der Waals surface area contributed by atoms with Crippen LogP contribution in [-0.4, -0.2) is 6.29 Å². The Balaban J connectivity index is 2.99. The second kappa shape index (κ2) is 4.61. The van der Waals surface area contributed by atoms with Crippen molar-refractivity contribution in [2.45, 2.75) is 13.8 Å². The van der Waals surface area contributed by atoms with E-state index in [0.29, 0.717) is 0 Å². The third-order valence-corrected chi connectivity index (χ3v) is 2.11. The number of carbonyl (C=O) groups excluding carboxylic acids is 1. The van der Waals surface area contributed by atoms with Gasteiger partial charge in [0.1, 0.15) is 6.29 Å². The summed E-state index contributed by atoms with van der Waals surface area (Å²) in [5.41, 5.74) is 2.22. The third kappa shape index (κ3) is 2.28. The number of benzene rings is 1. The highest BCUT2D eigenvalue weighted by Gasteiger charge is 2.07. The number of allylic oxidation sites excluding steroid dienone is 2. The maximum absolute atomic E-state index is 10.6. The van der Waals surface area contributed by atoms with Crippen LogP contribution in [0.2, 0.25) is 0 Å². The lowest BCUT2D eigenvalue weighted by molar-refractivity contribution is -0.109. The van der Waals surface area contributed by atoms with Crippen molar-refractivity contribution in [1.29, 1.82) is 0 Å². The molecule has 0 N–H and O–H groups in total. The fourth-order valence-corrected chi connectivity index (χ4v) is 1.40. The quantitative estimate of drug-likeness (QED) is 0.644. The summed E-state index contributed by atoms with van der Waals surface area (Å²) in [4.78, 5) is 10.6. The van der Waals surface area contributed by atoms with Crippen LogP contribution in [0.15, 0.2) is 36.4 Å². The molecule has 1 unspecified atom stereocenters. The van der Waals surface area contributed by atoms with Gasteiger partial charge < -0.3 is 4.79 Å². The van der Waals surface area contributed by atoms with E-state index in [4.69, 9.17) is 0 Å². The lowest BCUT2D eigenvalue weighted by Crippen LogP contribution is -1.99. The molecule has 1 atom stereocenters. The van der Waals surface area contributed by atoms with Crippen LogP contribution in [0.25, 0.3) is 5.57 Å². The van der Waals surface area contributed by atoms with Crippen LogP contribution in [-0.2, 0) is 4.79 Å². The lowest BCUT2D eigenvalue weighted by atomic mass is 9.95. The minimum Gasteiger partial charge on any atom is -0.303 e. The molecule has 0 aromatic heterocycles. The highest BCUT2D eigenvalue weighted by atomic mass is 16.1. The van der Waals surface area contributed by atoms with E-state index >= 15 is 0 Å². The largest absolute Gasteiger partial charge is 0.303 e. The maximum Gasteiger partial charge on any atom is 0.127 e. The molecule has 0 saturated carbocycles. The van der Waals surface area contributed by atoms with Gasteiger partial charge in [0.25, 0.3) is 0 Å². The molecule has 0 radical (unpaired) electrons. The van der Waals surface area contributed by atoms with Gasteiger partial charge in [0, 0.05) is 5.92 Å². The van der Waals surface area contributed by atoms with Gasteiger partial charge in [0.05, 0.1) is 0 Å². The van der Waals surface area contributed by atoms with Gasteiger partial charge in [0.2, 0.25) is 0 Å². The van der Waals surface area contributed by atoms with E-state index in [1.807, 2.05) is 50.3 Å². The van der Waals surface area contributed by atoms with Crippen molar-refractivity contribution in [1.82, 2.24) is 0 Å². The first-order chi connectivity index (χ1) is 6.29.